The number of nitrogens with one attached hydrogen (secondary N) is 1. The zero-order valence-electron chi connectivity index (χ0n) is 15.5. The number of hydrogen-bond acceptors (Lipinski definition) is 4. The van der Waals surface area contributed by atoms with Crippen molar-refractivity contribution in [1.82, 2.24) is 10.2 Å². The minimum absolute atomic E-state index is 0.0484. The number of rotatable bonds is 11. The molecule has 2 rings (SSSR count). The summed E-state index contributed by atoms with van der Waals surface area (Å²) >= 11 is 5.30. The summed E-state index contributed by atoms with van der Waals surface area (Å²) in [5.74, 6) is -0.419. The molecule has 0 spiro atoms. The average molecular weight is 385 g/mol. The number of hydrogen-bond donors (Lipinski definition) is 3. The highest BCUT2D eigenvalue weighted by atomic mass is 32.1. The van der Waals surface area contributed by atoms with E-state index in [9.17, 15) is 14.7 Å². The van der Waals surface area contributed by atoms with Gasteiger partial charge in [-0.25, -0.2) is 0 Å². The highest BCUT2D eigenvalue weighted by molar-refractivity contribution is 7.80. The zero-order valence-corrected chi connectivity index (χ0v) is 16.3. The van der Waals surface area contributed by atoms with Crippen molar-refractivity contribution in [2.45, 2.75) is 89.2 Å². The van der Waals surface area contributed by atoms with E-state index < -0.39 is 5.97 Å². The first-order chi connectivity index (χ1) is 12.5. The molecular formula is C19H32N2O4S. The Balaban J connectivity index is 1.73. The minimum atomic E-state index is -0.756. The van der Waals surface area contributed by atoms with Crippen LogP contribution < -0.4 is 5.32 Å². The van der Waals surface area contributed by atoms with Crippen LogP contribution in [0.2, 0.25) is 0 Å². The molecule has 7 heteroatoms. The van der Waals surface area contributed by atoms with Gasteiger partial charge in [0.05, 0.1) is 6.10 Å². The normalized spacial score (nSPS) is 22.5. The molecule has 0 aromatic heterocycles. The van der Waals surface area contributed by atoms with Gasteiger partial charge < -0.3 is 20.4 Å². The fourth-order valence-electron chi connectivity index (χ4n) is 4.08. The number of aliphatic hydroxyl groups excluding tert-OH is 1. The van der Waals surface area contributed by atoms with E-state index in [0.717, 1.165) is 38.5 Å². The summed E-state index contributed by atoms with van der Waals surface area (Å²) in [4.78, 5) is 24.6. The van der Waals surface area contributed by atoms with Gasteiger partial charge >= 0.3 is 5.97 Å². The van der Waals surface area contributed by atoms with Crippen LogP contribution in [0.1, 0.15) is 77.0 Å². The first-order valence-corrected chi connectivity index (χ1v) is 10.4. The molecule has 148 valence electrons. The summed E-state index contributed by atoms with van der Waals surface area (Å²) in [6.07, 6.45) is 10.5. The Morgan fingerprint density at radius 2 is 1.88 bits per heavy atom. The van der Waals surface area contributed by atoms with Crippen LogP contribution in [0.25, 0.3) is 0 Å². The van der Waals surface area contributed by atoms with Crippen molar-refractivity contribution in [3.05, 3.63) is 0 Å². The molecular weight excluding hydrogens is 352 g/mol. The van der Waals surface area contributed by atoms with Crippen molar-refractivity contribution < 1.29 is 19.8 Å². The van der Waals surface area contributed by atoms with Crippen molar-refractivity contribution in [3.8, 4) is 0 Å². The van der Waals surface area contributed by atoms with Crippen LogP contribution in [0.4, 0.5) is 0 Å². The van der Waals surface area contributed by atoms with Crippen molar-refractivity contribution in [2.24, 2.45) is 5.92 Å². The molecule has 0 radical (unpaired) electrons. The first kappa shape index (κ1) is 21.1. The Labute approximate surface area is 161 Å². The Bertz CT molecular complexity index is 494. The monoisotopic (exact) mass is 384 g/mol. The number of amides is 1. The molecule has 1 aliphatic carbocycles. The molecule has 2 unspecified atom stereocenters. The predicted octanol–water partition coefficient (Wildman–Crippen LogP) is 2.83. The summed E-state index contributed by atoms with van der Waals surface area (Å²) in [6.45, 7) is 0.610. The summed E-state index contributed by atoms with van der Waals surface area (Å²) < 4.78 is 0. The van der Waals surface area contributed by atoms with Gasteiger partial charge in [0.25, 0.3) is 0 Å². The van der Waals surface area contributed by atoms with Gasteiger partial charge in [-0.2, -0.15) is 0 Å². The van der Waals surface area contributed by atoms with E-state index in [1.54, 1.807) is 0 Å². The highest BCUT2D eigenvalue weighted by Gasteiger charge is 2.35. The molecule has 3 N–H and O–H groups in total. The second kappa shape index (κ2) is 10.8. The molecule has 6 nitrogen and oxygen atoms in total. The fourth-order valence-corrected chi connectivity index (χ4v) is 4.40. The van der Waals surface area contributed by atoms with E-state index in [-0.39, 0.29) is 24.5 Å². The molecule has 2 aliphatic rings. The number of unbranched alkanes of at least 4 members (excludes halogenated alkanes) is 3. The fraction of sp³-hybridized carbons (Fsp3) is 0.842. The van der Waals surface area contributed by atoms with E-state index in [0.29, 0.717) is 30.4 Å². The van der Waals surface area contributed by atoms with Gasteiger partial charge in [-0.3, -0.25) is 9.59 Å². The number of carboxylic acid groups (broad SMARTS) is 1. The Morgan fingerprint density at radius 3 is 2.58 bits per heavy atom. The van der Waals surface area contributed by atoms with Crippen LogP contribution in [0, 0.1) is 5.92 Å². The van der Waals surface area contributed by atoms with Crippen LogP contribution in [0.3, 0.4) is 0 Å². The molecule has 0 aromatic rings. The second-order valence-corrected chi connectivity index (χ2v) is 7.99. The number of nitrogens with zero attached hydrogens (tertiary/aromatic N) is 1. The molecule has 1 saturated carbocycles. The molecule has 1 aliphatic heterocycles. The SMILES string of the molecule is O=C(O)CCCCCCC1C(=O)NC(=S)N1CCC(O)C1CCCCC1. The van der Waals surface area contributed by atoms with Crippen molar-refractivity contribution >= 4 is 29.2 Å². The van der Waals surface area contributed by atoms with Crippen LogP contribution in [-0.2, 0) is 9.59 Å². The number of thiocarbonyl (C=S) groups is 1. The van der Waals surface area contributed by atoms with Gasteiger partial charge in [-0.1, -0.05) is 38.5 Å². The lowest BCUT2D eigenvalue weighted by molar-refractivity contribution is -0.137. The first-order valence-electron chi connectivity index (χ1n) is 10.0. The van der Waals surface area contributed by atoms with Crippen molar-refractivity contribution in [1.29, 1.82) is 0 Å². The third kappa shape index (κ3) is 6.50. The van der Waals surface area contributed by atoms with Crippen molar-refractivity contribution in [3.63, 3.8) is 0 Å². The molecule has 2 atom stereocenters. The maximum atomic E-state index is 12.2. The van der Waals surface area contributed by atoms with Gasteiger partial charge in [-0.05, 0) is 50.2 Å². The Kier molecular flexibility index (Phi) is 8.78. The van der Waals surface area contributed by atoms with Crippen LogP contribution in [-0.4, -0.2) is 50.8 Å². The smallest absolute Gasteiger partial charge is 0.303 e. The number of aliphatic hydroxyl groups is 1. The van der Waals surface area contributed by atoms with E-state index >= 15 is 0 Å². The lowest BCUT2D eigenvalue weighted by atomic mass is 9.84. The molecule has 26 heavy (non-hydrogen) atoms. The zero-order chi connectivity index (χ0) is 18.9. The van der Waals surface area contributed by atoms with E-state index in [4.69, 9.17) is 17.3 Å². The second-order valence-electron chi connectivity index (χ2n) is 7.60. The Morgan fingerprint density at radius 1 is 1.19 bits per heavy atom. The highest BCUT2D eigenvalue weighted by Crippen LogP contribution is 2.28. The predicted molar refractivity (Wildman–Crippen MR) is 104 cm³/mol. The van der Waals surface area contributed by atoms with E-state index in [2.05, 4.69) is 5.32 Å². The molecule has 1 heterocycles. The third-order valence-electron chi connectivity index (χ3n) is 5.65. The van der Waals surface area contributed by atoms with Gasteiger partial charge in [0.2, 0.25) is 5.91 Å². The van der Waals surface area contributed by atoms with Gasteiger partial charge in [0.1, 0.15) is 6.04 Å². The maximum Gasteiger partial charge on any atom is 0.303 e. The molecule has 1 amide bonds. The molecule has 0 aromatic carbocycles. The van der Waals surface area contributed by atoms with Gasteiger partial charge in [0, 0.05) is 13.0 Å². The largest absolute Gasteiger partial charge is 0.481 e. The molecule has 1 saturated heterocycles. The number of carbonyl (C=O) groups is 2. The van der Waals surface area contributed by atoms with Crippen molar-refractivity contribution in [2.75, 3.05) is 6.54 Å². The van der Waals surface area contributed by atoms with E-state index in [1.165, 1.54) is 19.3 Å². The summed E-state index contributed by atoms with van der Waals surface area (Å²) in [5, 5.41) is 22.3. The topological polar surface area (TPSA) is 89.9 Å². The Hall–Kier alpha value is -1.21. The summed E-state index contributed by atoms with van der Waals surface area (Å²) in [7, 11) is 0. The van der Waals surface area contributed by atoms with Gasteiger partial charge in [-0.15, -0.1) is 0 Å². The maximum absolute atomic E-state index is 12.2. The number of aliphatic carboxylic acids is 1. The van der Waals surface area contributed by atoms with Crippen LogP contribution in [0.15, 0.2) is 0 Å². The molecule has 2 fully saturated rings. The molecule has 0 bridgehead atoms. The average Bonchev–Trinajstić information content (AvgIpc) is 2.89. The third-order valence-corrected chi connectivity index (χ3v) is 5.98. The van der Waals surface area contributed by atoms with Crippen LogP contribution in [0.5, 0.6) is 0 Å². The number of carboxylic acids is 1. The lowest BCUT2D eigenvalue weighted by Crippen LogP contribution is -2.38. The van der Waals surface area contributed by atoms with Crippen LogP contribution >= 0.6 is 12.2 Å². The summed E-state index contributed by atoms with van der Waals surface area (Å²) in [6, 6.07) is -0.250. The van der Waals surface area contributed by atoms with E-state index in [1.807, 2.05) is 4.90 Å². The standard InChI is InChI=1S/C19H32N2O4S/c22-16(14-8-4-3-5-9-14)12-13-21-15(18(25)20-19(21)26)10-6-1-2-7-11-17(23)24/h14-16,22H,1-13H2,(H,23,24)(H,20,25,26). The quantitative estimate of drug-likeness (QED) is 0.375. The number of carbonyl (C=O) groups excluding carboxylic acids is 1. The lowest BCUT2D eigenvalue weighted by Gasteiger charge is -2.29. The van der Waals surface area contributed by atoms with Gasteiger partial charge in [0.15, 0.2) is 5.11 Å². The minimum Gasteiger partial charge on any atom is -0.481 e. The summed E-state index contributed by atoms with van der Waals surface area (Å²) in [5.41, 5.74) is 0.